The first kappa shape index (κ1) is 24.1. The molecule has 0 radical (unpaired) electrons. The first-order chi connectivity index (χ1) is 14.8. The van der Waals surface area contributed by atoms with Crippen LogP contribution in [0.3, 0.4) is 0 Å². The van der Waals surface area contributed by atoms with Crippen LogP contribution >= 0.6 is 0 Å². The summed E-state index contributed by atoms with van der Waals surface area (Å²) in [5, 5.41) is 4.90. The fourth-order valence-electron chi connectivity index (χ4n) is 3.23. The fourth-order valence-corrected chi connectivity index (χ4v) is 3.23. The smallest absolute Gasteiger partial charge is 0.387 e. The van der Waals surface area contributed by atoms with E-state index < -0.39 is 31.1 Å². The maximum atomic E-state index is 12.3. The van der Waals surface area contributed by atoms with Crippen molar-refractivity contribution >= 4 is 24.0 Å². The van der Waals surface area contributed by atoms with Crippen molar-refractivity contribution in [1.29, 1.82) is 0 Å². The van der Waals surface area contributed by atoms with Gasteiger partial charge in [0.2, 0.25) is 0 Å². The molecule has 1 fully saturated rings. The van der Waals surface area contributed by atoms with Gasteiger partial charge in [-0.2, -0.15) is 8.78 Å². The summed E-state index contributed by atoms with van der Waals surface area (Å²) in [6.07, 6.45) is 6.45. The van der Waals surface area contributed by atoms with E-state index >= 15 is 0 Å². The molecular weight excluding hydrogens is 414 g/mol. The topological polar surface area (TPSA) is 103 Å². The zero-order valence-corrected chi connectivity index (χ0v) is 17.4. The number of nitrogens with one attached hydrogen (secondary N) is 2. The number of amides is 3. The second-order valence-electron chi connectivity index (χ2n) is 7.12. The number of alkyl halides is 2. The van der Waals surface area contributed by atoms with Crippen molar-refractivity contribution in [1.82, 2.24) is 10.6 Å². The van der Waals surface area contributed by atoms with Crippen LogP contribution in [0.5, 0.6) is 11.5 Å². The second-order valence-corrected chi connectivity index (χ2v) is 7.12. The van der Waals surface area contributed by atoms with E-state index in [2.05, 4.69) is 22.3 Å². The molecule has 8 nitrogen and oxygen atoms in total. The van der Waals surface area contributed by atoms with Crippen LogP contribution in [0.25, 0.3) is 6.08 Å². The lowest BCUT2D eigenvalue weighted by molar-refractivity contribution is -0.143. The molecule has 1 aliphatic rings. The summed E-state index contributed by atoms with van der Waals surface area (Å²) >= 11 is 0. The summed E-state index contributed by atoms with van der Waals surface area (Å²) < 4.78 is 38.8. The maximum absolute atomic E-state index is 12.3. The van der Waals surface area contributed by atoms with Gasteiger partial charge < -0.3 is 19.5 Å². The largest absolute Gasteiger partial charge is 0.493 e. The van der Waals surface area contributed by atoms with Crippen LogP contribution in [0, 0.1) is 5.92 Å². The number of esters is 1. The van der Waals surface area contributed by atoms with Gasteiger partial charge in [-0.3, -0.25) is 10.1 Å². The average molecular weight is 440 g/mol. The van der Waals surface area contributed by atoms with E-state index in [1.165, 1.54) is 31.4 Å². The van der Waals surface area contributed by atoms with Crippen LogP contribution in [0.1, 0.15) is 38.2 Å². The predicted octanol–water partition coefficient (Wildman–Crippen LogP) is 3.26. The van der Waals surface area contributed by atoms with E-state index in [1.54, 1.807) is 0 Å². The zero-order valence-electron chi connectivity index (χ0n) is 17.4. The molecule has 0 heterocycles. The van der Waals surface area contributed by atoms with Crippen LogP contribution < -0.4 is 20.1 Å². The average Bonchev–Trinajstić information content (AvgIpc) is 2.72. The number of hydrogen-bond acceptors (Lipinski definition) is 6. The van der Waals surface area contributed by atoms with Crippen molar-refractivity contribution in [3.8, 4) is 11.5 Å². The van der Waals surface area contributed by atoms with Crippen LogP contribution in [-0.4, -0.2) is 44.3 Å². The predicted molar refractivity (Wildman–Crippen MR) is 108 cm³/mol. The Hall–Kier alpha value is -3.17. The van der Waals surface area contributed by atoms with Crippen LogP contribution in [0.4, 0.5) is 13.6 Å². The quantitative estimate of drug-likeness (QED) is 0.475. The third-order valence-corrected chi connectivity index (χ3v) is 4.84. The van der Waals surface area contributed by atoms with Crippen molar-refractivity contribution in [2.75, 3.05) is 13.7 Å². The highest BCUT2D eigenvalue weighted by Gasteiger charge is 2.23. The Morgan fingerprint density at radius 2 is 1.94 bits per heavy atom. The van der Waals surface area contributed by atoms with Crippen molar-refractivity contribution in [3.63, 3.8) is 0 Å². The number of benzene rings is 1. The number of methoxy groups -OCH3 is 1. The molecule has 2 atom stereocenters. The molecular formula is C21H26F2N2O6. The number of rotatable bonds is 8. The highest BCUT2D eigenvalue weighted by Crippen LogP contribution is 2.29. The molecule has 2 N–H and O–H groups in total. The normalized spacial score (nSPS) is 18.5. The van der Waals surface area contributed by atoms with E-state index in [1.807, 2.05) is 0 Å². The third-order valence-electron chi connectivity index (χ3n) is 4.84. The minimum absolute atomic E-state index is 0.0153. The second kappa shape index (κ2) is 11.9. The van der Waals surface area contributed by atoms with Gasteiger partial charge in [0.25, 0.3) is 5.91 Å². The minimum Gasteiger partial charge on any atom is -0.493 e. The van der Waals surface area contributed by atoms with Crippen LogP contribution in [-0.2, 0) is 14.3 Å². The molecule has 31 heavy (non-hydrogen) atoms. The van der Waals surface area contributed by atoms with Gasteiger partial charge in [0.05, 0.1) is 7.11 Å². The van der Waals surface area contributed by atoms with Gasteiger partial charge in [-0.15, -0.1) is 0 Å². The van der Waals surface area contributed by atoms with Gasteiger partial charge in [0, 0.05) is 12.1 Å². The number of ether oxygens (including phenoxy) is 3. The first-order valence-corrected chi connectivity index (χ1v) is 9.86. The lowest BCUT2D eigenvalue weighted by atomic mass is 9.86. The molecule has 10 heteroatoms. The lowest BCUT2D eigenvalue weighted by Gasteiger charge is -2.29. The van der Waals surface area contributed by atoms with Gasteiger partial charge in [-0.05, 0) is 42.5 Å². The molecule has 0 bridgehead atoms. The summed E-state index contributed by atoms with van der Waals surface area (Å²) in [6, 6.07) is 3.50. The monoisotopic (exact) mass is 440 g/mol. The Kier molecular flexibility index (Phi) is 9.23. The Morgan fingerprint density at radius 3 is 2.61 bits per heavy atom. The van der Waals surface area contributed by atoms with E-state index in [-0.39, 0.29) is 17.5 Å². The van der Waals surface area contributed by atoms with Gasteiger partial charge >= 0.3 is 18.6 Å². The minimum atomic E-state index is -3.00. The van der Waals surface area contributed by atoms with Crippen molar-refractivity contribution < 1.29 is 37.4 Å². The summed E-state index contributed by atoms with van der Waals surface area (Å²) in [7, 11) is 1.29. The molecule has 170 valence electrons. The molecule has 0 unspecified atom stereocenters. The lowest BCUT2D eigenvalue weighted by Crippen LogP contribution is -2.48. The molecule has 1 aromatic carbocycles. The number of halogens is 2. The van der Waals surface area contributed by atoms with Crippen molar-refractivity contribution in [2.24, 2.45) is 5.92 Å². The van der Waals surface area contributed by atoms with E-state index in [0.29, 0.717) is 11.5 Å². The number of carbonyl (C=O) groups excluding carboxylic acids is 3. The third kappa shape index (κ3) is 8.23. The van der Waals surface area contributed by atoms with Gasteiger partial charge in [0.15, 0.2) is 18.1 Å². The Bertz CT molecular complexity index is 815. The molecule has 0 spiro atoms. The van der Waals surface area contributed by atoms with E-state index in [0.717, 1.165) is 31.8 Å². The van der Waals surface area contributed by atoms with Gasteiger partial charge in [-0.25, -0.2) is 9.59 Å². The first-order valence-electron chi connectivity index (χ1n) is 9.86. The summed E-state index contributed by atoms with van der Waals surface area (Å²) in [4.78, 5) is 35.5. The van der Waals surface area contributed by atoms with Crippen molar-refractivity contribution in [3.05, 3.63) is 29.8 Å². The number of hydrogen-bond donors (Lipinski definition) is 2. The molecule has 0 aliphatic heterocycles. The standard InChI is InChI=1S/C21H26F2N2O6/c1-13-5-3-4-6-15(13)24-21(28)25-18(26)12-30-19(27)10-8-14-7-9-16(31-20(22)23)17(11-14)29-2/h7-11,13,15,20H,3-6,12H2,1-2H3,(H2,24,25,26,28)/b10-8+/t13-,15+/m1/s1. The SMILES string of the molecule is COc1cc(/C=C/C(=O)OCC(=O)NC(=O)N[C@H]2CCCC[C@H]2C)ccc1OC(F)F. The van der Waals surface area contributed by atoms with Crippen molar-refractivity contribution in [2.45, 2.75) is 45.3 Å². The Labute approximate surface area is 178 Å². The summed E-state index contributed by atoms with van der Waals surface area (Å²) in [5.41, 5.74) is 0.459. The molecule has 0 saturated heterocycles. The fraction of sp³-hybridized carbons (Fsp3) is 0.476. The highest BCUT2D eigenvalue weighted by atomic mass is 19.3. The molecule has 0 aromatic heterocycles. The molecule has 2 rings (SSSR count). The Balaban J connectivity index is 1.78. The summed E-state index contributed by atoms with van der Waals surface area (Å²) in [6.45, 7) is -1.57. The van der Waals surface area contributed by atoms with Gasteiger partial charge in [0.1, 0.15) is 0 Å². The van der Waals surface area contributed by atoms with E-state index in [9.17, 15) is 23.2 Å². The zero-order chi connectivity index (χ0) is 22.8. The molecule has 1 aromatic rings. The van der Waals surface area contributed by atoms with E-state index in [4.69, 9.17) is 9.47 Å². The van der Waals surface area contributed by atoms with Crippen LogP contribution in [0.2, 0.25) is 0 Å². The Morgan fingerprint density at radius 1 is 1.19 bits per heavy atom. The van der Waals surface area contributed by atoms with Gasteiger partial charge in [-0.1, -0.05) is 25.8 Å². The summed E-state index contributed by atoms with van der Waals surface area (Å²) in [5.74, 6) is -1.31. The highest BCUT2D eigenvalue weighted by molar-refractivity contribution is 5.96. The number of urea groups is 1. The molecule has 1 saturated carbocycles. The maximum Gasteiger partial charge on any atom is 0.387 e. The van der Waals surface area contributed by atoms with Crippen LogP contribution in [0.15, 0.2) is 24.3 Å². The molecule has 1 aliphatic carbocycles. The molecule has 3 amide bonds. The number of imide groups is 1. The number of carbonyl (C=O) groups is 3.